The van der Waals surface area contributed by atoms with Crippen molar-refractivity contribution in [3.8, 4) is 0 Å². The van der Waals surface area contributed by atoms with Gasteiger partial charge in [-0.05, 0) is 71.5 Å². The van der Waals surface area contributed by atoms with Gasteiger partial charge in [-0.25, -0.2) is 4.68 Å². The molecular weight excluding hydrogens is 480 g/mol. The zero-order chi connectivity index (χ0) is 25.9. The third kappa shape index (κ3) is 5.16. The van der Waals surface area contributed by atoms with E-state index in [4.69, 9.17) is 9.15 Å². The average Bonchev–Trinajstić information content (AvgIpc) is 3.70. The van der Waals surface area contributed by atoms with E-state index < -0.39 is 6.04 Å². The van der Waals surface area contributed by atoms with Crippen LogP contribution in [0.25, 0.3) is 10.9 Å². The molecule has 1 N–H and O–H groups in total. The number of aromatic nitrogens is 5. The van der Waals surface area contributed by atoms with Crippen molar-refractivity contribution in [2.45, 2.75) is 51.5 Å². The second kappa shape index (κ2) is 10.7. The van der Waals surface area contributed by atoms with Gasteiger partial charge in [0, 0.05) is 24.2 Å². The van der Waals surface area contributed by atoms with Crippen LogP contribution in [0.5, 0.6) is 0 Å². The number of nitrogens with zero attached hydrogens (tertiary/aromatic N) is 5. The third-order valence-electron chi connectivity index (χ3n) is 7.06. The van der Waals surface area contributed by atoms with E-state index in [9.17, 15) is 4.79 Å². The molecule has 9 heteroatoms. The first-order chi connectivity index (χ1) is 18.6. The lowest BCUT2D eigenvalue weighted by Gasteiger charge is -2.30. The fraction of sp³-hybridized carbons (Fsp3) is 0.310. The summed E-state index contributed by atoms with van der Waals surface area (Å²) in [5.41, 5.74) is 3.43. The lowest BCUT2D eigenvalue weighted by molar-refractivity contribution is 0.0901. The lowest BCUT2D eigenvalue weighted by Crippen LogP contribution is -2.35. The number of hydrogen-bond donors (Lipinski definition) is 1. The number of rotatable bonds is 9. The van der Waals surface area contributed by atoms with Gasteiger partial charge in [-0.15, -0.1) is 5.10 Å². The van der Waals surface area contributed by atoms with Crippen LogP contribution < -0.4 is 5.56 Å². The van der Waals surface area contributed by atoms with Crippen LogP contribution in [0.15, 0.2) is 82.2 Å². The van der Waals surface area contributed by atoms with Gasteiger partial charge in [-0.1, -0.05) is 42.0 Å². The van der Waals surface area contributed by atoms with Crippen LogP contribution in [-0.4, -0.2) is 42.8 Å². The highest BCUT2D eigenvalue weighted by atomic mass is 16.5. The standard InChI is InChI=1S/C29H30N6O3/c1-20-11-12-26-22(15-20)16-25(29(36)30-26)27(28-31-32-33-35(28)19-24-10-6-14-38-24)34(18-23-9-5-13-37-23)17-21-7-3-2-4-8-21/h2-5,7-9,11-13,15-16,24,27H,6,10,14,17-19H2,1H3,(H,30,36)/t24-,27+/m0/s1. The number of aromatic amines is 1. The van der Waals surface area contributed by atoms with E-state index in [0.717, 1.165) is 47.2 Å². The molecule has 38 heavy (non-hydrogen) atoms. The first-order valence-corrected chi connectivity index (χ1v) is 13.0. The molecule has 0 radical (unpaired) electrons. The van der Waals surface area contributed by atoms with Crippen LogP contribution in [0.2, 0.25) is 0 Å². The molecule has 3 aromatic heterocycles. The number of nitrogens with one attached hydrogen (secondary N) is 1. The van der Waals surface area contributed by atoms with Gasteiger partial charge >= 0.3 is 0 Å². The summed E-state index contributed by atoms with van der Waals surface area (Å²) in [7, 11) is 0. The van der Waals surface area contributed by atoms with Crippen molar-refractivity contribution in [3.05, 3.63) is 112 Å². The first-order valence-electron chi connectivity index (χ1n) is 13.0. The number of H-pyrrole nitrogens is 1. The summed E-state index contributed by atoms with van der Waals surface area (Å²) < 4.78 is 13.4. The summed E-state index contributed by atoms with van der Waals surface area (Å²) in [6.07, 6.45) is 3.69. The van der Waals surface area contributed by atoms with Gasteiger partial charge in [-0.3, -0.25) is 9.69 Å². The Morgan fingerprint density at radius 1 is 1.11 bits per heavy atom. The summed E-state index contributed by atoms with van der Waals surface area (Å²) in [5, 5.41) is 13.8. The molecule has 0 unspecified atom stereocenters. The number of tetrazole rings is 1. The van der Waals surface area contributed by atoms with E-state index in [1.807, 2.05) is 55.5 Å². The normalized spacial score (nSPS) is 16.4. The zero-order valence-corrected chi connectivity index (χ0v) is 21.3. The summed E-state index contributed by atoms with van der Waals surface area (Å²) in [5.74, 6) is 1.39. The average molecular weight is 511 g/mol. The maximum atomic E-state index is 13.7. The van der Waals surface area contributed by atoms with Crippen molar-refractivity contribution in [2.75, 3.05) is 6.61 Å². The number of ether oxygens (including phenoxy) is 1. The molecular formula is C29H30N6O3. The third-order valence-corrected chi connectivity index (χ3v) is 7.06. The molecule has 0 spiro atoms. The molecule has 0 bridgehead atoms. The Kier molecular flexibility index (Phi) is 6.85. The topological polar surface area (TPSA) is 102 Å². The van der Waals surface area contributed by atoms with Gasteiger partial charge < -0.3 is 14.1 Å². The zero-order valence-electron chi connectivity index (χ0n) is 21.3. The molecule has 5 aromatic rings. The van der Waals surface area contributed by atoms with E-state index in [2.05, 4.69) is 43.6 Å². The van der Waals surface area contributed by atoms with Gasteiger partial charge in [0.05, 0.1) is 25.5 Å². The van der Waals surface area contributed by atoms with Crippen molar-refractivity contribution >= 4 is 10.9 Å². The fourth-order valence-corrected chi connectivity index (χ4v) is 5.22. The van der Waals surface area contributed by atoms with Gasteiger partial charge in [0.2, 0.25) is 0 Å². The minimum Gasteiger partial charge on any atom is -0.468 e. The SMILES string of the molecule is Cc1ccc2[nH]c(=O)c([C@H](c3nnnn3C[C@@H]3CCCO3)N(Cc3ccccc3)Cc3ccco3)cc2c1. The number of benzene rings is 2. The molecule has 1 aliphatic heterocycles. The Balaban J connectivity index is 1.50. The van der Waals surface area contributed by atoms with E-state index in [0.29, 0.717) is 31.0 Å². The van der Waals surface area contributed by atoms with Crippen molar-refractivity contribution in [2.24, 2.45) is 0 Å². The monoisotopic (exact) mass is 510 g/mol. The molecule has 1 fully saturated rings. The molecule has 1 aliphatic rings. The maximum absolute atomic E-state index is 13.7. The Morgan fingerprint density at radius 3 is 2.79 bits per heavy atom. The number of pyridine rings is 1. The van der Waals surface area contributed by atoms with Gasteiger partial charge in [-0.2, -0.15) is 0 Å². The molecule has 194 valence electrons. The maximum Gasteiger partial charge on any atom is 0.253 e. The van der Waals surface area contributed by atoms with E-state index in [1.165, 1.54) is 0 Å². The predicted molar refractivity (Wildman–Crippen MR) is 142 cm³/mol. The largest absolute Gasteiger partial charge is 0.468 e. The molecule has 4 heterocycles. The van der Waals surface area contributed by atoms with Crippen LogP contribution in [0.3, 0.4) is 0 Å². The molecule has 0 saturated carbocycles. The predicted octanol–water partition coefficient (Wildman–Crippen LogP) is 4.39. The highest BCUT2D eigenvalue weighted by Gasteiger charge is 2.32. The van der Waals surface area contributed by atoms with Crippen LogP contribution in [-0.2, 0) is 24.4 Å². The Hall–Kier alpha value is -4.08. The first kappa shape index (κ1) is 24.3. The number of furan rings is 1. The molecule has 2 atom stereocenters. The smallest absolute Gasteiger partial charge is 0.253 e. The van der Waals surface area contributed by atoms with Crippen molar-refractivity contribution in [3.63, 3.8) is 0 Å². The second-order valence-corrected chi connectivity index (χ2v) is 9.87. The Morgan fingerprint density at radius 2 is 2.00 bits per heavy atom. The molecule has 0 aliphatic carbocycles. The Labute approximate surface area is 220 Å². The fourth-order valence-electron chi connectivity index (χ4n) is 5.22. The molecule has 2 aromatic carbocycles. The highest BCUT2D eigenvalue weighted by molar-refractivity contribution is 5.79. The molecule has 1 saturated heterocycles. The number of aryl methyl sites for hydroxylation is 1. The molecule has 9 nitrogen and oxygen atoms in total. The van der Waals surface area contributed by atoms with Gasteiger partial charge in [0.1, 0.15) is 11.8 Å². The summed E-state index contributed by atoms with van der Waals surface area (Å²) in [4.78, 5) is 18.9. The minimum atomic E-state index is -0.537. The second-order valence-electron chi connectivity index (χ2n) is 9.87. The number of hydrogen-bond acceptors (Lipinski definition) is 7. The summed E-state index contributed by atoms with van der Waals surface area (Å²) in [6.45, 7) is 4.34. The Bertz CT molecular complexity index is 1550. The summed E-state index contributed by atoms with van der Waals surface area (Å²) in [6, 6.07) is 21.5. The van der Waals surface area contributed by atoms with Crippen molar-refractivity contribution < 1.29 is 9.15 Å². The van der Waals surface area contributed by atoms with Crippen molar-refractivity contribution in [1.29, 1.82) is 0 Å². The summed E-state index contributed by atoms with van der Waals surface area (Å²) >= 11 is 0. The van der Waals surface area contributed by atoms with Crippen LogP contribution in [0, 0.1) is 6.92 Å². The van der Waals surface area contributed by atoms with Crippen LogP contribution >= 0.6 is 0 Å². The van der Waals surface area contributed by atoms with E-state index >= 15 is 0 Å². The molecule has 0 amide bonds. The quantitative estimate of drug-likeness (QED) is 0.314. The van der Waals surface area contributed by atoms with E-state index in [-0.39, 0.29) is 11.7 Å². The van der Waals surface area contributed by atoms with E-state index in [1.54, 1.807) is 10.9 Å². The minimum absolute atomic E-state index is 0.0445. The molecule has 6 rings (SSSR count). The van der Waals surface area contributed by atoms with Crippen LogP contribution in [0.4, 0.5) is 0 Å². The lowest BCUT2D eigenvalue weighted by atomic mass is 10.0. The van der Waals surface area contributed by atoms with Gasteiger partial charge in [0.25, 0.3) is 5.56 Å². The van der Waals surface area contributed by atoms with Gasteiger partial charge in [0.15, 0.2) is 5.82 Å². The number of fused-ring (bicyclic) bond motifs is 1. The van der Waals surface area contributed by atoms with Crippen molar-refractivity contribution in [1.82, 2.24) is 30.1 Å². The van der Waals surface area contributed by atoms with Crippen LogP contribution in [0.1, 0.15) is 47.2 Å². The highest BCUT2D eigenvalue weighted by Crippen LogP contribution is 2.31.